The SMILES string of the molecule is Cn1ncc(-c2ccno2)c1C(=O)[O-]. The Bertz CT molecular complexity index is 458. The number of hydrogen-bond acceptors (Lipinski definition) is 5. The van der Waals surface area contributed by atoms with Crippen molar-refractivity contribution in [2.75, 3.05) is 0 Å². The summed E-state index contributed by atoms with van der Waals surface area (Å²) in [5.74, 6) is -0.936. The number of rotatable bonds is 2. The largest absolute Gasteiger partial charge is 0.543 e. The molecular formula is C8H6N3O3-. The molecule has 0 saturated heterocycles. The molecule has 0 saturated carbocycles. The van der Waals surface area contributed by atoms with Crippen LogP contribution in [0, 0.1) is 0 Å². The van der Waals surface area contributed by atoms with E-state index in [0.29, 0.717) is 11.3 Å². The van der Waals surface area contributed by atoms with Crippen molar-refractivity contribution in [1.29, 1.82) is 0 Å². The Kier molecular flexibility index (Phi) is 1.81. The van der Waals surface area contributed by atoms with Gasteiger partial charge in [0.2, 0.25) is 0 Å². The molecule has 0 unspecified atom stereocenters. The molecule has 2 aromatic heterocycles. The lowest BCUT2D eigenvalue weighted by Crippen LogP contribution is -2.25. The molecule has 6 heteroatoms. The van der Waals surface area contributed by atoms with Crippen molar-refractivity contribution in [3.63, 3.8) is 0 Å². The van der Waals surface area contributed by atoms with E-state index in [4.69, 9.17) is 4.52 Å². The second-order valence-corrected chi connectivity index (χ2v) is 2.69. The highest BCUT2D eigenvalue weighted by molar-refractivity contribution is 5.91. The lowest BCUT2D eigenvalue weighted by molar-refractivity contribution is -0.255. The highest BCUT2D eigenvalue weighted by Crippen LogP contribution is 2.21. The fraction of sp³-hybridized carbons (Fsp3) is 0.125. The smallest absolute Gasteiger partial charge is 0.170 e. The van der Waals surface area contributed by atoms with Crippen molar-refractivity contribution >= 4 is 5.97 Å². The summed E-state index contributed by atoms with van der Waals surface area (Å²) in [7, 11) is 1.52. The van der Waals surface area contributed by atoms with Gasteiger partial charge >= 0.3 is 0 Å². The van der Waals surface area contributed by atoms with Crippen LogP contribution in [0.25, 0.3) is 11.3 Å². The average molecular weight is 192 g/mol. The molecule has 6 nitrogen and oxygen atoms in total. The molecule has 0 aliphatic heterocycles. The second kappa shape index (κ2) is 2.99. The van der Waals surface area contributed by atoms with E-state index in [1.807, 2.05) is 0 Å². The molecule has 0 fully saturated rings. The molecule has 2 heterocycles. The molecule has 0 radical (unpaired) electrons. The van der Waals surface area contributed by atoms with Gasteiger partial charge in [0.25, 0.3) is 0 Å². The third-order valence-electron chi connectivity index (χ3n) is 1.84. The predicted molar refractivity (Wildman–Crippen MR) is 43.0 cm³/mol. The van der Waals surface area contributed by atoms with Crippen LogP contribution in [-0.2, 0) is 7.05 Å². The molecule has 0 aliphatic rings. The Labute approximate surface area is 78.7 Å². The van der Waals surface area contributed by atoms with Gasteiger partial charge in [-0.2, -0.15) is 5.10 Å². The topological polar surface area (TPSA) is 84.0 Å². The summed E-state index contributed by atoms with van der Waals surface area (Å²) in [6, 6.07) is 1.56. The zero-order valence-electron chi connectivity index (χ0n) is 7.30. The van der Waals surface area contributed by atoms with Crippen LogP contribution < -0.4 is 5.11 Å². The van der Waals surface area contributed by atoms with Crippen molar-refractivity contribution in [2.45, 2.75) is 0 Å². The lowest BCUT2D eigenvalue weighted by Gasteiger charge is -2.03. The third kappa shape index (κ3) is 1.17. The predicted octanol–water partition coefficient (Wildman–Crippen LogP) is -0.561. The number of carbonyl (C=O) groups is 1. The van der Waals surface area contributed by atoms with Gasteiger partial charge in [-0.05, 0) is 0 Å². The number of aromatic carboxylic acids is 1. The zero-order valence-corrected chi connectivity index (χ0v) is 7.30. The van der Waals surface area contributed by atoms with Crippen LogP contribution in [0.3, 0.4) is 0 Å². The second-order valence-electron chi connectivity index (χ2n) is 2.69. The van der Waals surface area contributed by atoms with Crippen LogP contribution in [-0.4, -0.2) is 20.9 Å². The van der Waals surface area contributed by atoms with Crippen LogP contribution in [0.2, 0.25) is 0 Å². The number of hydrogen-bond donors (Lipinski definition) is 0. The van der Waals surface area contributed by atoms with Crippen molar-refractivity contribution < 1.29 is 14.4 Å². The van der Waals surface area contributed by atoms with Gasteiger partial charge < -0.3 is 14.4 Å². The summed E-state index contributed by atoms with van der Waals surface area (Å²) in [5.41, 5.74) is 0.340. The first-order chi connectivity index (χ1) is 6.70. The maximum Gasteiger partial charge on any atom is 0.170 e. The minimum atomic E-state index is -1.29. The van der Waals surface area contributed by atoms with Gasteiger partial charge in [0.05, 0.1) is 29.6 Å². The monoisotopic (exact) mass is 192 g/mol. The van der Waals surface area contributed by atoms with E-state index in [1.165, 1.54) is 24.1 Å². The van der Waals surface area contributed by atoms with Crippen LogP contribution in [0.5, 0.6) is 0 Å². The minimum Gasteiger partial charge on any atom is -0.543 e. The number of nitrogens with zero attached hydrogens (tertiary/aromatic N) is 3. The van der Waals surface area contributed by atoms with Gasteiger partial charge in [-0.1, -0.05) is 5.16 Å². The first-order valence-corrected chi connectivity index (χ1v) is 3.84. The maximum atomic E-state index is 10.8. The van der Waals surface area contributed by atoms with Gasteiger partial charge in [0.1, 0.15) is 0 Å². The summed E-state index contributed by atoms with van der Waals surface area (Å²) in [6.07, 6.45) is 2.83. The molecule has 14 heavy (non-hydrogen) atoms. The molecule has 2 rings (SSSR count). The minimum absolute atomic E-state index is 0.0262. The third-order valence-corrected chi connectivity index (χ3v) is 1.84. The Morgan fingerprint density at radius 3 is 3.00 bits per heavy atom. The molecule has 0 bridgehead atoms. The lowest BCUT2D eigenvalue weighted by atomic mass is 10.2. The van der Waals surface area contributed by atoms with Crippen LogP contribution in [0.15, 0.2) is 23.0 Å². The summed E-state index contributed by atoms with van der Waals surface area (Å²) < 4.78 is 6.04. The fourth-order valence-electron chi connectivity index (χ4n) is 1.21. The molecule has 0 N–H and O–H groups in total. The van der Waals surface area contributed by atoms with Crippen LogP contribution in [0.4, 0.5) is 0 Å². The summed E-state index contributed by atoms with van der Waals surface area (Å²) in [4.78, 5) is 10.8. The first kappa shape index (κ1) is 8.49. The number of carbonyl (C=O) groups excluding carboxylic acids is 1. The van der Waals surface area contributed by atoms with Gasteiger partial charge in [0, 0.05) is 13.1 Å². The fourth-order valence-corrected chi connectivity index (χ4v) is 1.21. The number of carboxylic acid groups (broad SMARTS) is 1. The van der Waals surface area contributed by atoms with Crippen molar-refractivity contribution in [1.82, 2.24) is 14.9 Å². The molecular weight excluding hydrogens is 186 g/mol. The highest BCUT2D eigenvalue weighted by atomic mass is 16.5. The van der Waals surface area contributed by atoms with Crippen LogP contribution >= 0.6 is 0 Å². The average Bonchev–Trinajstić information content (AvgIpc) is 2.70. The van der Waals surface area contributed by atoms with E-state index < -0.39 is 5.97 Å². The standard InChI is InChI=1S/C8H7N3O3/c1-11-7(8(12)13)5(4-9-11)6-2-3-10-14-6/h2-4H,1H3,(H,12,13)/p-1. The molecule has 0 aliphatic carbocycles. The Morgan fingerprint density at radius 2 is 2.43 bits per heavy atom. The Morgan fingerprint density at radius 1 is 1.64 bits per heavy atom. The van der Waals surface area contributed by atoms with Gasteiger partial charge in [-0.25, -0.2) is 0 Å². The van der Waals surface area contributed by atoms with E-state index in [9.17, 15) is 9.90 Å². The zero-order chi connectivity index (χ0) is 10.1. The molecule has 2 aromatic rings. The van der Waals surface area contributed by atoms with Crippen molar-refractivity contribution in [3.8, 4) is 11.3 Å². The van der Waals surface area contributed by atoms with E-state index in [2.05, 4.69) is 10.3 Å². The maximum absolute atomic E-state index is 10.8. The molecule has 0 amide bonds. The normalized spacial score (nSPS) is 10.4. The Hall–Kier alpha value is -2.11. The quantitative estimate of drug-likeness (QED) is 0.636. The molecule has 0 spiro atoms. The van der Waals surface area contributed by atoms with Gasteiger partial charge in [-0.3, -0.25) is 4.68 Å². The number of aryl methyl sites for hydroxylation is 1. The van der Waals surface area contributed by atoms with Crippen LogP contribution in [0.1, 0.15) is 10.5 Å². The Balaban J connectivity index is 2.60. The van der Waals surface area contributed by atoms with E-state index in [-0.39, 0.29) is 5.69 Å². The van der Waals surface area contributed by atoms with Gasteiger partial charge in [0.15, 0.2) is 5.76 Å². The summed E-state index contributed by atoms with van der Waals surface area (Å²) in [6.45, 7) is 0. The highest BCUT2D eigenvalue weighted by Gasteiger charge is 2.13. The van der Waals surface area contributed by atoms with Crippen molar-refractivity contribution in [2.24, 2.45) is 7.05 Å². The van der Waals surface area contributed by atoms with E-state index >= 15 is 0 Å². The van der Waals surface area contributed by atoms with Gasteiger partial charge in [-0.15, -0.1) is 0 Å². The summed E-state index contributed by atoms with van der Waals surface area (Å²) in [5, 5.41) is 18.0. The van der Waals surface area contributed by atoms with E-state index in [1.54, 1.807) is 6.07 Å². The molecule has 0 aromatic carbocycles. The molecule has 0 atom stereocenters. The number of aromatic nitrogens is 3. The van der Waals surface area contributed by atoms with Crippen molar-refractivity contribution in [3.05, 3.63) is 24.2 Å². The number of carboxylic acids is 1. The van der Waals surface area contributed by atoms with E-state index in [0.717, 1.165) is 0 Å². The molecule has 72 valence electrons. The first-order valence-electron chi connectivity index (χ1n) is 3.84. The summed E-state index contributed by atoms with van der Waals surface area (Å²) >= 11 is 0.